The topological polar surface area (TPSA) is 29.5 Å². The van der Waals surface area contributed by atoms with Crippen molar-refractivity contribution in [3.8, 4) is 0 Å². The molecule has 86 valence electrons. The lowest BCUT2D eigenvalue weighted by Gasteiger charge is -2.25. The molecular weight excluding hydrogens is 262 g/mol. The zero-order valence-electron chi connectivity index (χ0n) is 8.60. The fraction of sp³-hybridized carbons (Fsp3) is 0.500. The van der Waals surface area contributed by atoms with Crippen molar-refractivity contribution in [2.45, 2.75) is 6.54 Å². The molecule has 3 rings (SSSR count). The Hall–Kier alpha value is -0.270. The van der Waals surface area contributed by atoms with E-state index in [0.29, 0.717) is 0 Å². The maximum absolute atomic E-state index is 11.3. The molecule has 6 heteroatoms. The SMILES string of the molecule is O=c1sc2csc(CN3CCOCC3)c2s1. The summed E-state index contributed by atoms with van der Waals surface area (Å²) in [7, 11) is 0. The van der Waals surface area contributed by atoms with Crippen molar-refractivity contribution in [2.24, 2.45) is 0 Å². The summed E-state index contributed by atoms with van der Waals surface area (Å²) in [5.74, 6) is 0. The van der Waals surface area contributed by atoms with Crippen LogP contribution < -0.4 is 4.06 Å². The van der Waals surface area contributed by atoms with Crippen LogP contribution >= 0.6 is 34.0 Å². The summed E-state index contributed by atoms with van der Waals surface area (Å²) in [4.78, 5) is 15.0. The van der Waals surface area contributed by atoms with Crippen LogP contribution in [0.5, 0.6) is 0 Å². The number of thiophene rings is 1. The summed E-state index contributed by atoms with van der Waals surface area (Å²) in [5.41, 5.74) is 0. The number of hydrogen-bond acceptors (Lipinski definition) is 6. The maximum atomic E-state index is 11.3. The van der Waals surface area contributed by atoms with Crippen LogP contribution in [-0.2, 0) is 11.3 Å². The van der Waals surface area contributed by atoms with Crippen molar-refractivity contribution >= 4 is 43.4 Å². The molecule has 3 heterocycles. The van der Waals surface area contributed by atoms with Gasteiger partial charge in [0.05, 0.1) is 22.6 Å². The first-order valence-corrected chi connectivity index (χ1v) is 7.64. The molecule has 16 heavy (non-hydrogen) atoms. The molecule has 1 aliphatic rings. The van der Waals surface area contributed by atoms with Crippen LogP contribution in [-0.4, -0.2) is 31.2 Å². The molecule has 2 aromatic rings. The predicted octanol–water partition coefficient (Wildman–Crippen LogP) is 2.22. The molecule has 0 amide bonds. The van der Waals surface area contributed by atoms with E-state index in [1.807, 2.05) is 0 Å². The molecule has 0 atom stereocenters. The third-order valence-electron chi connectivity index (χ3n) is 2.63. The Bertz CT molecular complexity index is 535. The molecule has 0 aliphatic carbocycles. The maximum Gasteiger partial charge on any atom is 0.288 e. The van der Waals surface area contributed by atoms with Gasteiger partial charge in [-0.15, -0.1) is 11.3 Å². The molecule has 0 saturated carbocycles. The van der Waals surface area contributed by atoms with Crippen LogP contribution in [0.25, 0.3) is 9.40 Å². The Balaban J connectivity index is 1.84. The van der Waals surface area contributed by atoms with E-state index >= 15 is 0 Å². The Labute approximate surface area is 105 Å². The summed E-state index contributed by atoms with van der Waals surface area (Å²) in [6.45, 7) is 4.61. The highest BCUT2D eigenvalue weighted by atomic mass is 32.2. The number of nitrogens with zero attached hydrogens (tertiary/aromatic N) is 1. The highest BCUT2D eigenvalue weighted by Gasteiger charge is 2.15. The zero-order valence-corrected chi connectivity index (χ0v) is 11.1. The van der Waals surface area contributed by atoms with Crippen LogP contribution in [0.4, 0.5) is 0 Å². The first-order valence-electron chi connectivity index (χ1n) is 5.13. The molecule has 1 aliphatic heterocycles. The molecule has 0 aromatic carbocycles. The van der Waals surface area contributed by atoms with Gasteiger partial charge in [-0.05, 0) is 0 Å². The molecular formula is C10H11NO2S3. The van der Waals surface area contributed by atoms with Crippen LogP contribution in [0.3, 0.4) is 0 Å². The van der Waals surface area contributed by atoms with E-state index < -0.39 is 0 Å². The second-order valence-corrected chi connectivity index (χ2v) is 6.92. The van der Waals surface area contributed by atoms with E-state index in [4.69, 9.17) is 4.74 Å². The highest BCUT2D eigenvalue weighted by Crippen LogP contribution is 2.31. The molecule has 1 saturated heterocycles. The third kappa shape index (κ3) is 2.08. The fourth-order valence-corrected chi connectivity index (χ4v) is 5.23. The van der Waals surface area contributed by atoms with Gasteiger partial charge in [0, 0.05) is 29.9 Å². The van der Waals surface area contributed by atoms with E-state index in [0.717, 1.165) is 37.5 Å². The predicted molar refractivity (Wildman–Crippen MR) is 69.9 cm³/mol. The molecule has 0 radical (unpaired) electrons. The molecule has 2 aromatic heterocycles. The van der Waals surface area contributed by atoms with Gasteiger partial charge in [-0.25, -0.2) is 0 Å². The quantitative estimate of drug-likeness (QED) is 0.840. The third-order valence-corrected chi connectivity index (χ3v) is 6.06. The lowest BCUT2D eigenvalue weighted by atomic mass is 10.3. The van der Waals surface area contributed by atoms with Crippen molar-refractivity contribution in [1.29, 1.82) is 0 Å². The smallest absolute Gasteiger partial charge is 0.288 e. The van der Waals surface area contributed by atoms with Gasteiger partial charge in [0.15, 0.2) is 0 Å². The second-order valence-electron chi connectivity index (χ2n) is 3.69. The zero-order chi connectivity index (χ0) is 11.0. The fourth-order valence-electron chi connectivity index (χ4n) is 1.81. The molecule has 0 unspecified atom stereocenters. The van der Waals surface area contributed by atoms with Gasteiger partial charge in [0.1, 0.15) is 0 Å². The van der Waals surface area contributed by atoms with Crippen molar-refractivity contribution in [2.75, 3.05) is 26.3 Å². The minimum absolute atomic E-state index is 0.209. The van der Waals surface area contributed by atoms with Crippen LogP contribution in [0, 0.1) is 0 Å². The highest BCUT2D eigenvalue weighted by molar-refractivity contribution is 7.38. The van der Waals surface area contributed by atoms with E-state index in [-0.39, 0.29) is 4.06 Å². The standard InChI is InChI=1S/C10H11NO2S3/c12-10-15-8-6-14-7(9(8)16-10)5-11-1-3-13-4-2-11/h6H,1-5H2. The average molecular weight is 273 g/mol. The molecule has 0 spiro atoms. The van der Waals surface area contributed by atoms with E-state index in [1.165, 1.54) is 32.3 Å². The Morgan fingerprint density at radius 2 is 2.12 bits per heavy atom. The lowest BCUT2D eigenvalue weighted by molar-refractivity contribution is 0.0348. The minimum Gasteiger partial charge on any atom is -0.379 e. The summed E-state index contributed by atoms with van der Waals surface area (Å²) >= 11 is 4.53. The number of ether oxygens (including phenoxy) is 1. The Kier molecular flexibility index (Phi) is 3.08. The van der Waals surface area contributed by atoms with Crippen molar-refractivity contribution in [3.63, 3.8) is 0 Å². The van der Waals surface area contributed by atoms with Crippen molar-refractivity contribution in [3.05, 3.63) is 19.1 Å². The van der Waals surface area contributed by atoms with Crippen LogP contribution in [0.2, 0.25) is 0 Å². The van der Waals surface area contributed by atoms with E-state index in [9.17, 15) is 4.79 Å². The van der Waals surface area contributed by atoms with Gasteiger partial charge < -0.3 is 4.74 Å². The summed E-state index contributed by atoms with van der Waals surface area (Å²) in [6, 6.07) is 0. The van der Waals surface area contributed by atoms with Crippen molar-refractivity contribution < 1.29 is 4.74 Å². The number of rotatable bonds is 2. The average Bonchev–Trinajstić information content (AvgIpc) is 2.81. The second kappa shape index (κ2) is 4.54. The minimum atomic E-state index is 0.209. The largest absolute Gasteiger partial charge is 0.379 e. The van der Waals surface area contributed by atoms with Gasteiger partial charge in [-0.3, -0.25) is 9.69 Å². The molecule has 1 fully saturated rings. The number of morpholine rings is 1. The van der Waals surface area contributed by atoms with E-state index in [2.05, 4.69) is 10.3 Å². The van der Waals surface area contributed by atoms with E-state index in [1.54, 1.807) is 11.3 Å². The first-order chi connectivity index (χ1) is 7.83. The Morgan fingerprint density at radius 1 is 1.31 bits per heavy atom. The van der Waals surface area contributed by atoms with Gasteiger partial charge >= 0.3 is 0 Å². The Morgan fingerprint density at radius 3 is 2.94 bits per heavy atom. The normalized spacial score (nSPS) is 18.2. The van der Waals surface area contributed by atoms with Crippen molar-refractivity contribution in [1.82, 2.24) is 4.90 Å². The summed E-state index contributed by atoms with van der Waals surface area (Å²) in [5, 5.41) is 2.10. The molecule has 0 bridgehead atoms. The van der Waals surface area contributed by atoms with Gasteiger partial charge in [-0.1, -0.05) is 22.7 Å². The summed E-state index contributed by atoms with van der Waals surface area (Å²) in [6.07, 6.45) is 0. The molecule has 0 N–H and O–H groups in total. The van der Waals surface area contributed by atoms with Crippen LogP contribution in [0.15, 0.2) is 10.2 Å². The lowest BCUT2D eigenvalue weighted by Crippen LogP contribution is -2.35. The summed E-state index contributed by atoms with van der Waals surface area (Å²) < 4.78 is 7.89. The number of hydrogen-bond donors (Lipinski definition) is 0. The van der Waals surface area contributed by atoms with Crippen LogP contribution in [0.1, 0.15) is 4.88 Å². The first kappa shape index (κ1) is 10.9. The van der Waals surface area contributed by atoms with Gasteiger partial charge in [-0.2, -0.15) is 0 Å². The molecule has 3 nitrogen and oxygen atoms in total. The number of fused-ring (bicyclic) bond motifs is 1. The van der Waals surface area contributed by atoms with Gasteiger partial charge in [0.25, 0.3) is 4.06 Å². The monoisotopic (exact) mass is 273 g/mol. The van der Waals surface area contributed by atoms with Gasteiger partial charge in [0.2, 0.25) is 0 Å².